The minimum Gasteiger partial charge on any atom is -0.379 e. The number of aromatic amines is 1. The van der Waals surface area contributed by atoms with Gasteiger partial charge in [-0.3, -0.25) is 19.1 Å². The molecule has 0 atom stereocenters. The van der Waals surface area contributed by atoms with Gasteiger partial charge in [0, 0.05) is 6.61 Å². The van der Waals surface area contributed by atoms with Crippen LogP contribution in [0.15, 0.2) is 4.79 Å². The number of nitrogens with two attached hydrogens (primary N) is 1. The number of fused-ring (bicyclic) bond motifs is 1. The number of aldehydes is 1. The number of hydrogen-bond donors (Lipinski definition) is 2. The van der Waals surface area contributed by atoms with Crippen LogP contribution >= 0.6 is 0 Å². The number of hydrogen-bond acceptors (Lipinski definition) is 7. The first-order valence-corrected chi connectivity index (χ1v) is 7.54. The molecule has 23 heavy (non-hydrogen) atoms. The predicted molar refractivity (Wildman–Crippen MR) is 84.2 cm³/mol. The lowest BCUT2D eigenvalue weighted by Crippen LogP contribution is -2.14. The highest BCUT2D eigenvalue weighted by atomic mass is 16.5. The molecule has 9 heteroatoms. The number of unbranched alkanes of at least 4 members (excludes halogenated alkanes) is 2. The third-order valence-corrected chi connectivity index (χ3v) is 3.24. The van der Waals surface area contributed by atoms with Gasteiger partial charge in [0.25, 0.3) is 5.56 Å². The van der Waals surface area contributed by atoms with Crippen molar-refractivity contribution in [2.24, 2.45) is 0 Å². The van der Waals surface area contributed by atoms with Crippen LogP contribution < -0.4 is 11.3 Å². The Kier molecular flexibility index (Phi) is 6.24. The number of rotatable bonds is 10. The molecular formula is C14H21N5O4. The summed E-state index contributed by atoms with van der Waals surface area (Å²) < 4.78 is 12.3. The van der Waals surface area contributed by atoms with Crippen molar-refractivity contribution >= 4 is 23.4 Å². The number of H-pyrrole nitrogens is 1. The van der Waals surface area contributed by atoms with Crippen molar-refractivity contribution in [3.05, 3.63) is 16.2 Å². The lowest BCUT2D eigenvalue weighted by molar-refractivity contribution is 0.0185. The molecule has 0 fully saturated rings. The topological polar surface area (TPSA) is 125 Å². The first-order chi connectivity index (χ1) is 11.2. The quantitative estimate of drug-likeness (QED) is 0.487. The number of ether oxygens (including phenoxy) is 2. The fourth-order valence-electron chi connectivity index (χ4n) is 2.09. The second-order valence-corrected chi connectivity index (χ2v) is 5.00. The largest absolute Gasteiger partial charge is 0.379 e. The molecule has 0 aliphatic rings. The Balaban J connectivity index is 1.94. The van der Waals surface area contributed by atoms with Crippen LogP contribution in [-0.4, -0.2) is 45.6 Å². The average molecular weight is 323 g/mol. The summed E-state index contributed by atoms with van der Waals surface area (Å²) in [6.07, 6.45) is 3.87. The Morgan fingerprint density at radius 1 is 1.22 bits per heavy atom. The number of aromatic nitrogens is 4. The van der Waals surface area contributed by atoms with E-state index in [1.807, 2.05) is 0 Å². The SMILES string of the molecule is CCCCCOCCOCn1c(C=O)nc2c(=O)[nH]c(N)nc21. The molecule has 0 aromatic carbocycles. The summed E-state index contributed by atoms with van der Waals surface area (Å²) in [4.78, 5) is 33.1. The molecule has 0 radical (unpaired) electrons. The highest BCUT2D eigenvalue weighted by molar-refractivity contribution is 5.80. The van der Waals surface area contributed by atoms with Gasteiger partial charge in [0.2, 0.25) is 5.95 Å². The maximum absolute atomic E-state index is 11.8. The Hall–Kier alpha value is -2.26. The number of anilines is 1. The molecule has 0 saturated carbocycles. The molecule has 2 rings (SSSR count). The fourth-order valence-corrected chi connectivity index (χ4v) is 2.09. The van der Waals surface area contributed by atoms with Crippen LogP contribution in [0.3, 0.4) is 0 Å². The summed E-state index contributed by atoms with van der Waals surface area (Å²) in [6, 6.07) is 0. The number of nitrogens with zero attached hydrogens (tertiary/aromatic N) is 3. The smallest absolute Gasteiger partial charge is 0.280 e. The van der Waals surface area contributed by atoms with Gasteiger partial charge >= 0.3 is 0 Å². The van der Waals surface area contributed by atoms with E-state index in [2.05, 4.69) is 21.9 Å². The maximum Gasteiger partial charge on any atom is 0.280 e. The molecule has 9 nitrogen and oxygen atoms in total. The van der Waals surface area contributed by atoms with Crippen molar-refractivity contribution in [1.82, 2.24) is 19.5 Å². The van der Waals surface area contributed by atoms with Gasteiger partial charge in [-0.15, -0.1) is 0 Å². The van der Waals surface area contributed by atoms with Gasteiger partial charge in [-0.2, -0.15) is 4.98 Å². The molecule has 0 saturated heterocycles. The van der Waals surface area contributed by atoms with E-state index in [4.69, 9.17) is 15.2 Å². The monoisotopic (exact) mass is 323 g/mol. The van der Waals surface area contributed by atoms with Crippen molar-refractivity contribution < 1.29 is 14.3 Å². The molecule has 126 valence electrons. The molecule has 2 aromatic rings. The first kappa shape index (κ1) is 17.1. The van der Waals surface area contributed by atoms with Crippen LogP contribution in [0.1, 0.15) is 36.8 Å². The summed E-state index contributed by atoms with van der Waals surface area (Å²) in [6.45, 7) is 3.71. The zero-order valence-corrected chi connectivity index (χ0v) is 13.1. The highest BCUT2D eigenvalue weighted by Gasteiger charge is 2.15. The van der Waals surface area contributed by atoms with E-state index in [1.165, 1.54) is 4.57 Å². The van der Waals surface area contributed by atoms with Crippen LogP contribution in [0, 0.1) is 0 Å². The summed E-state index contributed by atoms with van der Waals surface area (Å²) in [7, 11) is 0. The van der Waals surface area contributed by atoms with Crippen molar-refractivity contribution in [1.29, 1.82) is 0 Å². The first-order valence-electron chi connectivity index (χ1n) is 7.54. The van der Waals surface area contributed by atoms with E-state index in [9.17, 15) is 9.59 Å². The number of carbonyl (C=O) groups is 1. The molecular weight excluding hydrogens is 302 g/mol. The van der Waals surface area contributed by atoms with Gasteiger partial charge in [0.05, 0.1) is 13.2 Å². The maximum atomic E-state index is 11.8. The van der Waals surface area contributed by atoms with E-state index < -0.39 is 5.56 Å². The van der Waals surface area contributed by atoms with Crippen LogP contribution in [0.5, 0.6) is 0 Å². The normalized spacial score (nSPS) is 11.2. The van der Waals surface area contributed by atoms with Crippen molar-refractivity contribution in [2.75, 3.05) is 25.6 Å². The van der Waals surface area contributed by atoms with Crippen molar-refractivity contribution in [3.63, 3.8) is 0 Å². The van der Waals surface area contributed by atoms with E-state index in [0.717, 1.165) is 19.3 Å². The Morgan fingerprint density at radius 2 is 2.00 bits per heavy atom. The lowest BCUT2D eigenvalue weighted by Gasteiger charge is -2.08. The van der Waals surface area contributed by atoms with Gasteiger partial charge in [-0.05, 0) is 6.42 Å². The number of carbonyl (C=O) groups excluding carboxylic acids is 1. The molecule has 0 aliphatic carbocycles. The van der Waals surface area contributed by atoms with Gasteiger partial charge in [-0.1, -0.05) is 19.8 Å². The van der Waals surface area contributed by atoms with E-state index >= 15 is 0 Å². The van der Waals surface area contributed by atoms with E-state index in [1.54, 1.807) is 0 Å². The summed E-state index contributed by atoms with van der Waals surface area (Å²) in [5, 5.41) is 0. The Bertz CT molecular complexity index is 709. The highest BCUT2D eigenvalue weighted by Crippen LogP contribution is 2.10. The molecule has 2 heterocycles. The van der Waals surface area contributed by atoms with Crippen LogP contribution in [-0.2, 0) is 16.2 Å². The van der Waals surface area contributed by atoms with Gasteiger partial charge in [-0.25, -0.2) is 4.98 Å². The Morgan fingerprint density at radius 3 is 2.74 bits per heavy atom. The molecule has 0 aliphatic heterocycles. The molecule has 0 unspecified atom stereocenters. The zero-order valence-electron chi connectivity index (χ0n) is 13.1. The molecule has 0 bridgehead atoms. The van der Waals surface area contributed by atoms with Crippen molar-refractivity contribution in [2.45, 2.75) is 32.9 Å². The van der Waals surface area contributed by atoms with Gasteiger partial charge in [0.1, 0.15) is 6.73 Å². The van der Waals surface area contributed by atoms with E-state index in [0.29, 0.717) is 26.1 Å². The molecule has 3 N–H and O–H groups in total. The minimum absolute atomic E-state index is 0.0405. The standard InChI is InChI=1S/C14H21N5O4/c1-2-3-4-5-22-6-7-23-9-19-10(8-20)16-11-12(19)17-14(15)18-13(11)21/h8H,2-7,9H2,1H3,(H3,15,17,18,21). The zero-order chi connectivity index (χ0) is 16.7. The minimum atomic E-state index is -0.492. The van der Waals surface area contributed by atoms with Crippen LogP contribution in [0.2, 0.25) is 0 Å². The number of nitrogens with one attached hydrogen (secondary N) is 1. The summed E-state index contributed by atoms with van der Waals surface area (Å²) in [5.74, 6) is 0.0211. The van der Waals surface area contributed by atoms with Crippen LogP contribution in [0.4, 0.5) is 5.95 Å². The average Bonchev–Trinajstić information content (AvgIpc) is 2.88. The summed E-state index contributed by atoms with van der Waals surface area (Å²) >= 11 is 0. The molecule has 2 aromatic heterocycles. The second kappa shape index (κ2) is 8.39. The number of imidazole rings is 1. The molecule has 0 amide bonds. The van der Waals surface area contributed by atoms with Gasteiger partial charge in [0.15, 0.2) is 23.3 Å². The second-order valence-electron chi connectivity index (χ2n) is 5.00. The summed E-state index contributed by atoms with van der Waals surface area (Å²) in [5.41, 5.74) is 5.31. The third kappa shape index (κ3) is 4.36. The predicted octanol–water partition coefficient (Wildman–Crippen LogP) is 0.695. The van der Waals surface area contributed by atoms with Crippen molar-refractivity contribution in [3.8, 4) is 0 Å². The lowest BCUT2D eigenvalue weighted by atomic mass is 10.3. The van der Waals surface area contributed by atoms with E-state index in [-0.39, 0.29) is 29.7 Å². The number of nitrogen functional groups attached to an aromatic ring is 1. The van der Waals surface area contributed by atoms with Crippen LogP contribution in [0.25, 0.3) is 11.2 Å². The Labute approximate surface area is 132 Å². The molecule has 0 spiro atoms. The van der Waals surface area contributed by atoms with Gasteiger partial charge < -0.3 is 15.2 Å². The fraction of sp³-hybridized carbons (Fsp3) is 0.571. The third-order valence-electron chi connectivity index (χ3n) is 3.24.